The quantitative estimate of drug-likeness (QED) is 0.806. The van der Waals surface area contributed by atoms with E-state index in [9.17, 15) is 9.00 Å². The third-order valence-corrected chi connectivity index (χ3v) is 4.33. The number of rotatable bonds is 1. The Bertz CT molecular complexity index is 795. The van der Waals surface area contributed by atoms with E-state index in [1.165, 1.54) is 6.26 Å². The summed E-state index contributed by atoms with van der Waals surface area (Å²) in [6.45, 7) is 5.21. The Morgan fingerprint density at radius 2 is 1.95 bits per heavy atom. The van der Waals surface area contributed by atoms with Crippen molar-refractivity contribution in [1.82, 2.24) is 4.98 Å². The largest absolute Gasteiger partial charge is 0.442 e. The van der Waals surface area contributed by atoms with E-state index in [4.69, 9.17) is 4.74 Å². The van der Waals surface area contributed by atoms with Crippen LogP contribution in [-0.4, -0.2) is 27.1 Å². The van der Waals surface area contributed by atoms with Crippen molar-refractivity contribution < 1.29 is 13.7 Å². The molecule has 1 unspecified atom stereocenters. The summed E-state index contributed by atoms with van der Waals surface area (Å²) in [4.78, 5) is 16.5. The molecule has 1 heterocycles. The van der Waals surface area contributed by atoms with Crippen molar-refractivity contribution in [3.8, 4) is 0 Å². The van der Waals surface area contributed by atoms with Crippen LogP contribution in [0.5, 0.6) is 0 Å². The van der Waals surface area contributed by atoms with Gasteiger partial charge in [-0.3, -0.25) is 4.98 Å². The molecule has 1 amide bonds. The zero-order chi connectivity index (χ0) is 15.7. The normalized spacial score (nSPS) is 14.5. The van der Waals surface area contributed by atoms with Crippen LogP contribution in [0.4, 0.5) is 4.79 Å². The Labute approximate surface area is 124 Å². The maximum Gasteiger partial charge on any atom is 0.442 e. The van der Waals surface area contributed by atoms with Crippen LogP contribution in [0.15, 0.2) is 45.8 Å². The van der Waals surface area contributed by atoms with Gasteiger partial charge >= 0.3 is 6.09 Å². The zero-order valence-electron chi connectivity index (χ0n) is 12.5. The Hall–Kier alpha value is -1.95. The number of ether oxygens (including phenoxy) is 1. The molecule has 2 rings (SSSR count). The lowest BCUT2D eigenvalue weighted by molar-refractivity contribution is 0.0607. The van der Waals surface area contributed by atoms with Gasteiger partial charge in [-0.2, -0.15) is 0 Å². The molecule has 0 aliphatic carbocycles. The van der Waals surface area contributed by atoms with Gasteiger partial charge in [0, 0.05) is 17.8 Å². The summed E-state index contributed by atoms with van der Waals surface area (Å²) >= 11 is 0. The van der Waals surface area contributed by atoms with Crippen LogP contribution >= 0.6 is 0 Å². The molecular formula is C15H18N2O3S. The van der Waals surface area contributed by atoms with Gasteiger partial charge in [-0.15, -0.1) is 4.36 Å². The van der Waals surface area contributed by atoms with Gasteiger partial charge in [-0.25, -0.2) is 9.00 Å². The van der Waals surface area contributed by atoms with Crippen LogP contribution in [-0.2, 0) is 14.5 Å². The molecule has 1 aromatic carbocycles. The first-order valence-electron chi connectivity index (χ1n) is 6.48. The van der Waals surface area contributed by atoms with Crippen LogP contribution in [0.3, 0.4) is 0 Å². The summed E-state index contributed by atoms with van der Waals surface area (Å²) in [5.74, 6) is 0. The first-order chi connectivity index (χ1) is 9.69. The van der Waals surface area contributed by atoms with Crippen LogP contribution in [0, 0.1) is 0 Å². The summed E-state index contributed by atoms with van der Waals surface area (Å²) in [5, 5.41) is 0.722. The van der Waals surface area contributed by atoms with Crippen molar-refractivity contribution in [2.45, 2.75) is 31.3 Å². The third kappa shape index (κ3) is 3.78. The number of benzene rings is 1. The summed E-state index contributed by atoms with van der Waals surface area (Å²) < 4.78 is 21.7. The number of nitrogens with zero attached hydrogens (tertiary/aromatic N) is 2. The van der Waals surface area contributed by atoms with Crippen LogP contribution in [0.2, 0.25) is 0 Å². The highest BCUT2D eigenvalue weighted by Crippen LogP contribution is 2.23. The second-order valence-electron chi connectivity index (χ2n) is 5.70. The molecule has 1 atom stereocenters. The van der Waals surface area contributed by atoms with Crippen LogP contribution in [0.1, 0.15) is 20.8 Å². The molecule has 1 aromatic heterocycles. The Morgan fingerprint density at radius 1 is 1.24 bits per heavy atom. The molecule has 0 N–H and O–H groups in total. The molecule has 0 radical (unpaired) electrons. The SMILES string of the molecule is CC(C)(C)OC(=O)N=S(C)(=O)c1cccc2ncccc12. The maximum absolute atomic E-state index is 12.8. The van der Waals surface area contributed by atoms with Crippen molar-refractivity contribution in [3.05, 3.63) is 36.5 Å². The molecule has 0 aliphatic heterocycles. The predicted octanol–water partition coefficient (Wildman–Crippen LogP) is 3.63. The summed E-state index contributed by atoms with van der Waals surface area (Å²) in [5.41, 5.74) is 0.0418. The van der Waals surface area contributed by atoms with E-state index in [1.807, 2.05) is 12.1 Å². The molecule has 5 nitrogen and oxygen atoms in total. The summed E-state index contributed by atoms with van der Waals surface area (Å²) in [7, 11) is -2.90. The number of carbonyl (C=O) groups excluding carboxylic acids is 1. The molecule has 0 saturated heterocycles. The van der Waals surface area contributed by atoms with Gasteiger partial charge in [0.05, 0.1) is 20.1 Å². The highest BCUT2D eigenvalue weighted by Gasteiger charge is 2.19. The van der Waals surface area contributed by atoms with Gasteiger partial charge in [-0.05, 0) is 39.0 Å². The molecule has 0 bridgehead atoms. The first-order valence-corrected chi connectivity index (χ1v) is 8.40. The van der Waals surface area contributed by atoms with Gasteiger partial charge < -0.3 is 4.74 Å². The first kappa shape index (κ1) is 15.4. The second kappa shape index (κ2) is 5.44. The minimum Gasteiger partial charge on any atom is -0.442 e. The molecule has 112 valence electrons. The number of aromatic nitrogens is 1. The second-order valence-corrected chi connectivity index (χ2v) is 7.93. The molecular weight excluding hydrogens is 288 g/mol. The van der Waals surface area contributed by atoms with E-state index in [0.29, 0.717) is 10.4 Å². The molecule has 2 aromatic rings. The molecule has 6 heteroatoms. The Morgan fingerprint density at radius 3 is 2.62 bits per heavy atom. The average molecular weight is 306 g/mol. The number of fused-ring (bicyclic) bond motifs is 1. The van der Waals surface area contributed by atoms with Gasteiger partial charge in [0.15, 0.2) is 0 Å². The van der Waals surface area contributed by atoms with Crippen molar-refractivity contribution in [2.75, 3.05) is 6.26 Å². The number of hydrogen-bond acceptors (Lipinski definition) is 4. The molecule has 0 spiro atoms. The van der Waals surface area contributed by atoms with Gasteiger partial charge in [0.2, 0.25) is 0 Å². The van der Waals surface area contributed by atoms with Gasteiger partial charge in [0.1, 0.15) is 5.60 Å². The zero-order valence-corrected chi connectivity index (χ0v) is 13.3. The lowest BCUT2D eigenvalue weighted by Crippen LogP contribution is -2.22. The molecule has 0 aliphatic rings. The summed E-state index contributed by atoms with van der Waals surface area (Å²) in [6.07, 6.45) is 2.27. The summed E-state index contributed by atoms with van der Waals surface area (Å²) in [6, 6.07) is 8.83. The lowest BCUT2D eigenvalue weighted by atomic mass is 10.2. The fourth-order valence-corrected chi connectivity index (χ4v) is 3.21. The van der Waals surface area contributed by atoms with Crippen molar-refractivity contribution >= 4 is 26.7 Å². The number of carbonyl (C=O) groups is 1. The predicted molar refractivity (Wildman–Crippen MR) is 82.7 cm³/mol. The molecule has 0 saturated carbocycles. The van der Waals surface area contributed by atoms with Crippen molar-refractivity contribution in [2.24, 2.45) is 4.36 Å². The minimum atomic E-state index is -2.90. The standard InChI is InChI=1S/C15H18N2O3S/c1-15(2,3)20-14(18)17-21(4,19)13-9-5-8-12-11(13)7-6-10-16-12/h5-10H,1-4H3. The van der Waals surface area contributed by atoms with Crippen molar-refractivity contribution in [3.63, 3.8) is 0 Å². The van der Waals surface area contributed by atoms with E-state index < -0.39 is 21.4 Å². The van der Waals surface area contributed by atoms with E-state index in [1.54, 1.807) is 45.2 Å². The van der Waals surface area contributed by atoms with Crippen molar-refractivity contribution in [1.29, 1.82) is 0 Å². The topological polar surface area (TPSA) is 68.6 Å². The minimum absolute atomic E-state index is 0.485. The van der Waals surface area contributed by atoms with E-state index in [2.05, 4.69) is 9.35 Å². The molecule has 0 fully saturated rings. The average Bonchev–Trinajstić information content (AvgIpc) is 2.35. The fourth-order valence-electron chi connectivity index (χ4n) is 1.88. The smallest absolute Gasteiger partial charge is 0.442 e. The Balaban J connectivity index is 2.52. The molecule has 21 heavy (non-hydrogen) atoms. The van der Waals surface area contributed by atoms with Crippen LogP contribution in [0.25, 0.3) is 10.9 Å². The fraction of sp³-hybridized carbons (Fsp3) is 0.333. The van der Waals surface area contributed by atoms with E-state index in [0.717, 1.165) is 5.39 Å². The maximum atomic E-state index is 12.8. The van der Waals surface area contributed by atoms with E-state index in [-0.39, 0.29) is 0 Å². The highest BCUT2D eigenvalue weighted by molar-refractivity contribution is 7.93. The number of pyridine rings is 1. The van der Waals surface area contributed by atoms with Gasteiger partial charge in [0.25, 0.3) is 0 Å². The van der Waals surface area contributed by atoms with E-state index >= 15 is 0 Å². The van der Waals surface area contributed by atoms with Crippen LogP contribution < -0.4 is 0 Å². The Kier molecular flexibility index (Phi) is 4.00. The monoisotopic (exact) mass is 306 g/mol. The highest BCUT2D eigenvalue weighted by atomic mass is 32.2. The van der Waals surface area contributed by atoms with Gasteiger partial charge in [-0.1, -0.05) is 12.1 Å². The third-order valence-electron chi connectivity index (χ3n) is 2.66. The number of amides is 1. The lowest BCUT2D eigenvalue weighted by Gasteiger charge is -2.17. The number of hydrogen-bond donors (Lipinski definition) is 0.